The molecule has 2 rings (SSSR count). The molecule has 2 N–H and O–H groups in total. The average molecular weight is 342 g/mol. The first-order chi connectivity index (χ1) is 10.9. The Labute approximate surface area is 141 Å². The van der Waals surface area contributed by atoms with Crippen LogP contribution >= 0.6 is 11.3 Å². The van der Waals surface area contributed by atoms with E-state index in [4.69, 9.17) is 9.47 Å². The predicted molar refractivity (Wildman–Crippen MR) is 88.3 cm³/mol. The van der Waals surface area contributed by atoms with Gasteiger partial charge in [0.15, 0.2) is 0 Å². The summed E-state index contributed by atoms with van der Waals surface area (Å²) in [6, 6.07) is -0.0861. The van der Waals surface area contributed by atoms with Crippen molar-refractivity contribution in [1.82, 2.24) is 10.3 Å². The lowest BCUT2D eigenvalue weighted by Gasteiger charge is -2.32. The zero-order chi connectivity index (χ0) is 17.0. The minimum absolute atomic E-state index is 0.0211. The molecule has 1 aromatic rings. The molecular formula is C16H26N2O4S. The number of thiazole rings is 1. The second kappa shape index (κ2) is 8.19. The van der Waals surface area contributed by atoms with Crippen molar-refractivity contribution < 1.29 is 19.4 Å². The lowest BCUT2D eigenvalue weighted by Crippen LogP contribution is -2.46. The number of carbonyl (C=O) groups excluding carboxylic acids is 1. The molecule has 0 spiro atoms. The summed E-state index contributed by atoms with van der Waals surface area (Å²) >= 11 is 1.28. The standard InChI is InChI=1S/C16H26N2O4S/c1-9(2)11(8-19)13(10(3)4)18-14(20)12-7-17-15(23-12)16-21-5-6-22-16/h7,9-11,13,16,19H,5-6,8H2,1-4H3,(H,18,20)/t11-,13-/m1/s1. The van der Waals surface area contributed by atoms with Crippen LogP contribution < -0.4 is 5.32 Å². The van der Waals surface area contributed by atoms with E-state index >= 15 is 0 Å². The number of nitrogens with one attached hydrogen (secondary N) is 1. The second-order valence-corrected chi connectivity index (χ2v) is 7.53. The zero-order valence-electron chi connectivity index (χ0n) is 14.1. The third-order valence-corrected chi connectivity index (χ3v) is 5.13. The van der Waals surface area contributed by atoms with Crippen LogP contribution in [0.25, 0.3) is 0 Å². The summed E-state index contributed by atoms with van der Waals surface area (Å²) in [5.74, 6) is 0.370. The molecule has 1 fully saturated rings. The lowest BCUT2D eigenvalue weighted by molar-refractivity contribution is -0.0442. The number of ether oxygens (including phenoxy) is 2. The van der Waals surface area contributed by atoms with Crippen LogP contribution in [0.3, 0.4) is 0 Å². The van der Waals surface area contributed by atoms with Crippen LogP contribution in [-0.4, -0.2) is 41.9 Å². The van der Waals surface area contributed by atoms with Gasteiger partial charge in [0, 0.05) is 18.6 Å². The Morgan fingerprint density at radius 3 is 2.52 bits per heavy atom. The van der Waals surface area contributed by atoms with Crippen molar-refractivity contribution in [1.29, 1.82) is 0 Å². The molecule has 1 saturated heterocycles. The van der Waals surface area contributed by atoms with Crippen LogP contribution in [0.4, 0.5) is 0 Å². The highest BCUT2D eigenvalue weighted by molar-refractivity contribution is 7.13. The summed E-state index contributed by atoms with van der Waals surface area (Å²) in [6.45, 7) is 9.37. The smallest absolute Gasteiger partial charge is 0.263 e. The maximum atomic E-state index is 12.5. The first-order valence-corrected chi connectivity index (χ1v) is 8.86. The molecule has 23 heavy (non-hydrogen) atoms. The SMILES string of the molecule is CC(C)[C@@H](CO)[C@H](NC(=O)c1cnc(C2OCCO2)s1)C(C)C. The molecule has 130 valence electrons. The number of aromatic nitrogens is 1. The molecule has 0 aromatic carbocycles. The third kappa shape index (κ3) is 4.50. The number of amides is 1. The Balaban J connectivity index is 2.06. The molecule has 7 heteroatoms. The Bertz CT molecular complexity index is 512. The minimum Gasteiger partial charge on any atom is -0.396 e. The van der Waals surface area contributed by atoms with Crippen molar-refractivity contribution in [2.75, 3.05) is 19.8 Å². The van der Waals surface area contributed by atoms with E-state index in [0.717, 1.165) is 0 Å². The largest absolute Gasteiger partial charge is 0.396 e. The number of aliphatic hydroxyl groups is 1. The van der Waals surface area contributed by atoms with Crippen molar-refractivity contribution in [2.45, 2.75) is 40.0 Å². The molecule has 0 saturated carbocycles. The van der Waals surface area contributed by atoms with Gasteiger partial charge < -0.3 is 19.9 Å². The molecule has 6 nitrogen and oxygen atoms in total. The van der Waals surface area contributed by atoms with Crippen molar-refractivity contribution in [3.8, 4) is 0 Å². The van der Waals surface area contributed by atoms with Gasteiger partial charge in [-0.2, -0.15) is 0 Å². The average Bonchev–Trinajstić information content (AvgIpc) is 3.17. The number of carbonyl (C=O) groups is 1. The molecule has 1 aromatic heterocycles. The van der Waals surface area contributed by atoms with E-state index in [1.54, 1.807) is 6.20 Å². The monoisotopic (exact) mass is 342 g/mol. The number of hydrogen-bond donors (Lipinski definition) is 2. The Kier molecular flexibility index (Phi) is 6.52. The fourth-order valence-electron chi connectivity index (χ4n) is 2.73. The topological polar surface area (TPSA) is 80.7 Å². The molecular weight excluding hydrogens is 316 g/mol. The van der Waals surface area contributed by atoms with Gasteiger partial charge in [0.05, 0.1) is 19.4 Å². The fraction of sp³-hybridized carbons (Fsp3) is 0.750. The summed E-state index contributed by atoms with van der Waals surface area (Å²) in [5, 5.41) is 13.4. The summed E-state index contributed by atoms with van der Waals surface area (Å²) < 4.78 is 10.8. The molecule has 0 unspecified atom stereocenters. The summed E-state index contributed by atoms with van der Waals surface area (Å²) in [6.07, 6.45) is 1.10. The van der Waals surface area contributed by atoms with E-state index in [1.807, 2.05) is 13.8 Å². The van der Waals surface area contributed by atoms with Gasteiger partial charge in [-0.25, -0.2) is 4.98 Å². The molecule has 2 atom stereocenters. The van der Waals surface area contributed by atoms with Crippen LogP contribution in [0, 0.1) is 17.8 Å². The van der Waals surface area contributed by atoms with Crippen LogP contribution in [0.2, 0.25) is 0 Å². The van der Waals surface area contributed by atoms with Crippen LogP contribution in [0.1, 0.15) is 48.7 Å². The quantitative estimate of drug-likeness (QED) is 0.794. The summed E-state index contributed by atoms with van der Waals surface area (Å²) in [5.41, 5.74) is 0. The van der Waals surface area contributed by atoms with Crippen molar-refractivity contribution in [2.24, 2.45) is 17.8 Å². The number of rotatable bonds is 7. The maximum Gasteiger partial charge on any atom is 0.263 e. The van der Waals surface area contributed by atoms with E-state index in [-0.39, 0.29) is 36.3 Å². The molecule has 2 heterocycles. The number of nitrogens with zero attached hydrogens (tertiary/aromatic N) is 1. The van der Waals surface area contributed by atoms with Gasteiger partial charge in [0.1, 0.15) is 9.88 Å². The van der Waals surface area contributed by atoms with E-state index in [2.05, 4.69) is 24.1 Å². The van der Waals surface area contributed by atoms with E-state index in [1.165, 1.54) is 11.3 Å². The van der Waals surface area contributed by atoms with Gasteiger partial charge in [-0.1, -0.05) is 27.7 Å². The van der Waals surface area contributed by atoms with Crippen LogP contribution in [-0.2, 0) is 9.47 Å². The molecule has 1 amide bonds. The van der Waals surface area contributed by atoms with Crippen LogP contribution in [0.15, 0.2) is 6.20 Å². The summed E-state index contributed by atoms with van der Waals surface area (Å²) in [7, 11) is 0. The highest BCUT2D eigenvalue weighted by Gasteiger charge is 2.29. The lowest BCUT2D eigenvalue weighted by atomic mass is 9.83. The highest BCUT2D eigenvalue weighted by atomic mass is 32.1. The minimum atomic E-state index is -0.455. The van der Waals surface area contributed by atoms with Crippen molar-refractivity contribution in [3.63, 3.8) is 0 Å². The first-order valence-electron chi connectivity index (χ1n) is 8.04. The fourth-order valence-corrected chi connectivity index (χ4v) is 3.55. The molecule has 1 aliphatic heterocycles. The van der Waals surface area contributed by atoms with Gasteiger partial charge in [0.25, 0.3) is 5.91 Å². The Morgan fingerprint density at radius 2 is 2.00 bits per heavy atom. The number of aliphatic hydroxyl groups excluding tert-OH is 1. The van der Waals surface area contributed by atoms with E-state index in [0.29, 0.717) is 23.1 Å². The van der Waals surface area contributed by atoms with Gasteiger partial charge in [0.2, 0.25) is 6.29 Å². The number of hydrogen-bond acceptors (Lipinski definition) is 6. The predicted octanol–water partition coefficient (Wildman–Crippen LogP) is 2.21. The summed E-state index contributed by atoms with van der Waals surface area (Å²) in [4.78, 5) is 17.3. The molecule has 0 bridgehead atoms. The van der Waals surface area contributed by atoms with Gasteiger partial charge in [-0.15, -0.1) is 11.3 Å². The van der Waals surface area contributed by atoms with Gasteiger partial charge in [-0.3, -0.25) is 4.79 Å². The zero-order valence-corrected chi connectivity index (χ0v) is 14.9. The first kappa shape index (κ1) is 18.3. The molecule has 1 aliphatic rings. The van der Waals surface area contributed by atoms with E-state index < -0.39 is 6.29 Å². The van der Waals surface area contributed by atoms with E-state index in [9.17, 15) is 9.90 Å². The maximum absolute atomic E-state index is 12.5. The molecule has 0 aliphatic carbocycles. The highest BCUT2D eigenvalue weighted by Crippen LogP contribution is 2.28. The Morgan fingerprint density at radius 1 is 1.35 bits per heavy atom. The van der Waals surface area contributed by atoms with Crippen LogP contribution in [0.5, 0.6) is 0 Å². The van der Waals surface area contributed by atoms with Gasteiger partial charge in [-0.05, 0) is 11.8 Å². The Hall–Kier alpha value is -1.02. The van der Waals surface area contributed by atoms with Crippen molar-refractivity contribution in [3.05, 3.63) is 16.1 Å². The normalized spacial score (nSPS) is 18.6. The molecule has 0 radical (unpaired) electrons. The van der Waals surface area contributed by atoms with Crippen molar-refractivity contribution >= 4 is 17.2 Å². The second-order valence-electron chi connectivity index (χ2n) is 6.47. The van der Waals surface area contributed by atoms with Gasteiger partial charge >= 0.3 is 0 Å². The third-order valence-electron chi connectivity index (χ3n) is 4.12.